The van der Waals surface area contributed by atoms with E-state index in [1.54, 1.807) is 0 Å². The summed E-state index contributed by atoms with van der Waals surface area (Å²) >= 11 is 3.65. The number of aliphatic hydroxyl groups is 5. The highest BCUT2D eigenvalue weighted by molar-refractivity contribution is 7.80. The number of rotatable bonds is 7. The van der Waals surface area contributed by atoms with Crippen LogP contribution >= 0.6 is 12.6 Å². The lowest BCUT2D eigenvalue weighted by molar-refractivity contribution is -0.164. The van der Waals surface area contributed by atoms with Crippen LogP contribution in [0.5, 0.6) is 0 Å². The molecule has 0 amide bonds. The SMILES string of the molecule is N[C@@H](CS)C(=O)O.O=C(O)[C@H](O)[C@@H](O)[C@H](O)[C@H](O)CO. The zero-order chi connectivity index (χ0) is 16.5. The summed E-state index contributed by atoms with van der Waals surface area (Å²) < 4.78 is 0. The Kier molecular flexibility index (Phi) is 11.5. The van der Waals surface area contributed by atoms with Crippen molar-refractivity contribution in [3.05, 3.63) is 0 Å². The molecule has 0 aromatic rings. The maximum Gasteiger partial charge on any atom is 0.335 e. The van der Waals surface area contributed by atoms with Crippen molar-refractivity contribution in [3.8, 4) is 0 Å². The molecular formula is C9H19NO9S. The van der Waals surface area contributed by atoms with Crippen LogP contribution in [0.25, 0.3) is 0 Å². The van der Waals surface area contributed by atoms with E-state index >= 15 is 0 Å². The molecule has 11 heteroatoms. The van der Waals surface area contributed by atoms with Crippen LogP contribution in [0.4, 0.5) is 0 Å². The van der Waals surface area contributed by atoms with Gasteiger partial charge >= 0.3 is 11.9 Å². The van der Waals surface area contributed by atoms with Crippen molar-refractivity contribution in [1.82, 2.24) is 0 Å². The molecule has 0 aliphatic rings. The molecule has 10 nitrogen and oxygen atoms in total. The molecule has 0 saturated heterocycles. The van der Waals surface area contributed by atoms with Crippen LogP contribution in [-0.2, 0) is 9.59 Å². The smallest absolute Gasteiger partial charge is 0.335 e. The van der Waals surface area contributed by atoms with E-state index in [0.717, 1.165) is 0 Å². The standard InChI is InChI=1S/C6H12O7.C3H7NO2S/c7-1-2(8)3(9)4(10)5(11)6(12)13;4-2(1-7)3(5)6/h2-5,7-11H,1H2,(H,12,13);2,7H,1,4H2,(H,5,6)/t2-,3-,4+,5-;2-/m10/s1. The molecule has 0 aliphatic carbocycles. The number of hydrogen-bond acceptors (Lipinski definition) is 9. The van der Waals surface area contributed by atoms with Gasteiger partial charge in [0.25, 0.3) is 0 Å². The summed E-state index contributed by atoms with van der Waals surface area (Å²) in [7, 11) is 0. The molecule has 5 atom stereocenters. The fourth-order valence-electron chi connectivity index (χ4n) is 0.747. The lowest BCUT2D eigenvalue weighted by Gasteiger charge is -2.23. The topological polar surface area (TPSA) is 202 Å². The summed E-state index contributed by atoms with van der Waals surface area (Å²) in [5, 5.41) is 59.8. The molecule has 0 saturated carbocycles. The van der Waals surface area contributed by atoms with Crippen LogP contribution in [0.3, 0.4) is 0 Å². The Labute approximate surface area is 119 Å². The van der Waals surface area contributed by atoms with Crippen LogP contribution in [0.15, 0.2) is 0 Å². The Morgan fingerprint density at radius 1 is 1.00 bits per heavy atom. The molecule has 0 radical (unpaired) electrons. The van der Waals surface area contributed by atoms with Crippen LogP contribution in [0, 0.1) is 0 Å². The van der Waals surface area contributed by atoms with Gasteiger partial charge in [0, 0.05) is 5.75 Å². The number of carbonyl (C=O) groups is 2. The summed E-state index contributed by atoms with van der Waals surface area (Å²) in [6.45, 7) is -0.843. The highest BCUT2D eigenvalue weighted by Crippen LogP contribution is 2.04. The van der Waals surface area contributed by atoms with Crippen molar-refractivity contribution in [3.63, 3.8) is 0 Å². The second kappa shape index (κ2) is 10.8. The predicted molar refractivity (Wildman–Crippen MR) is 68.2 cm³/mol. The summed E-state index contributed by atoms with van der Waals surface area (Å²) in [6.07, 6.45) is -7.84. The molecule has 0 fully saturated rings. The minimum absolute atomic E-state index is 0.190. The van der Waals surface area contributed by atoms with Crippen molar-refractivity contribution in [1.29, 1.82) is 0 Å². The molecule has 9 N–H and O–H groups in total. The first-order valence-electron chi connectivity index (χ1n) is 5.25. The van der Waals surface area contributed by atoms with Crippen molar-refractivity contribution < 1.29 is 45.3 Å². The maximum absolute atomic E-state index is 10.1. The van der Waals surface area contributed by atoms with Crippen molar-refractivity contribution in [2.45, 2.75) is 30.5 Å². The van der Waals surface area contributed by atoms with Gasteiger partial charge in [0.05, 0.1) is 6.61 Å². The Morgan fingerprint density at radius 2 is 1.45 bits per heavy atom. The Hall–Kier alpha value is -0.950. The molecule has 0 bridgehead atoms. The first-order chi connectivity index (χ1) is 9.09. The van der Waals surface area contributed by atoms with Gasteiger partial charge in [-0.1, -0.05) is 0 Å². The number of aliphatic carboxylic acids is 2. The van der Waals surface area contributed by atoms with Crippen LogP contribution in [0.1, 0.15) is 0 Å². The van der Waals surface area contributed by atoms with Crippen LogP contribution < -0.4 is 5.73 Å². The van der Waals surface area contributed by atoms with Gasteiger partial charge in [-0.2, -0.15) is 12.6 Å². The lowest BCUT2D eigenvalue weighted by Crippen LogP contribution is -2.48. The molecule has 20 heavy (non-hydrogen) atoms. The molecule has 0 aliphatic heterocycles. The zero-order valence-corrected chi connectivity index (χ0v) is 11.2. The normalized spacial score (nSPS) is 17.9. The number of thiol groups is 1. The van der Waals surface area contributed by atoms with E-state index in [-0.39, 0.29) is 5.75 Å². The van der Waals surface area contributed by atoms with E-state index in [1.807, 2.05) is 0 Å². The van der Waals surface area contributed by atoms with E-state index in [0.29, 0.717) is 0 Å². The molecule has 0 unspecified atom stereocenters. The largest absolute Gasteiger partial charge is 0.480 e. The van der Waals surface area contributed by atoms with Gasteiger partial charge < -0.3 is 41.5 Å². The minimum atomic E-state index is -2.20. The van der Waals surface area contributed by atoms with Crippen LogP contribution in [-0.4, -0.2) is 90.5 Å². The van der Waals surface area contributed by atoms with Crippen molar-refractivity contribution in [2.75, 3.05) is 12.4 Å². The highest BCUT2D eigenvalue weighted by Gasteiger charge is 2.33. The average molecular weight is 317 g/mol. The first kappa shape index (κ1) is 21.4. The first-order valence-corrected chi connectivity index (χ1v) is 5.88. The summed E-state index contributed by atoms with van der Waals surface area (Å²) in [5.74, 6) is -2.54. The number of hydrogen-bond donors (Lipinski definition) is 9. The van der Waals surface area contributed by atoms with Gasteiger partial charge in [0.15, 0.2) is 6.10 Å². The summed E-state index contributed by atoms with van der Waals surface area (Å²) in [6, 6.07) is -0.816. The molecule has 0 spiro atoms. The van der Waals surface area contributed by atoms with Gasteiger partial charge in [-0.05, 0) is 0 Å². The van der Waals surface area contributed by atoms with Crippen LogP contribution in [0.2, 0.25) is 0 Å². The third-order valence-electron chi connectivity index (χ3n) is 2.02. The highest BCUT2D eigenvalue weighted by atomic mass is 32.1. The molecule has 0 rings (SSSR count). The average Bonchev–Trinajstić information content (AvgIpc) is 2.43. The van der Waals surface area contributed by atoms with Gasteiger partial charge in [0.2, 0.25) is 0 Å². The lowest BCUT2D eigenvalue weighted by atomic mass is 10.0. The van der Waals surface area contributed by atoms with E-state index < -0.39 is 49.0 Å². The predicted octanol–water partition coefficient (Wildman–Crippen LogP) is -4.16. The number of nitrogens with two attached hydrogens (primary N) is 1. The van der Waals surface area contributed by atoms with E-state index in [2.05, 4.69) is 12.6 Å². The van der Waals surface area contributed by atoms with Gasteiger partial charge in [-0.3, -0.25) is 4.79 Å². The Morgan fingerprint density at radius 3 is 1.65 bits per heavy atom. The van der Waals surface area contributed by atoms with Crippen molar-refractivity contribution in [2.24, 2.45) is 5.73 Å². The summed E-state index contributed by atoms with van der Waals surface area (Å²) in [5.41, 5.74) is 4.94. The molecule has 0 aromatic carbocycles. The Balaban J connectivity index is 0. The molecule has 0 heterocycles. The molecule has 0 aromatic heterocycles. The van der Waals surface area contributed by atoms with Gasteiger partial charge in [0.1, 0.15) is 24.4 Å². The minimum Gasteiger partial charge on any atom is -0.480 e. The van der Waals surface area contributed by atoms with Gasteiger partial charge in [-0.15, -0.1) is 0 Å². The monoisotopic (exact) mass is 317 g/mol. The quantitative estimate of drug-likeness (QED) is 0.207. The number of carboxylic acids is 2. The van der Waals surface area contributed by atoms with E-state index in [9.17, 15) is 9.59 Å². The van der Waals surface area contributed by atoms with E-state index in [4.69, 9.17) is 41.5 Å². The van der Waals surface area contributed by atoms with E-state index in [1.165, 1.54) is 0 Å². The van der Waals surface area contributed by atoms with Gasteiger partial charge in [-0.25, -0.2) is 4.79 Å². The maximum atomic E-state index is 10.1. The second-order valence-corrected chi connectivity index (χ2v) is 4.01. The third-order valence-corrected chi connectivity index (χ3v) is 2.41. The zero-order valence-electron chi connectivity index (χ0n) is 10.3. The second-order valence-electron chi connectivity index (χ2n) is 3.64. The van der Waals surface area contributed by atoms with Crippen molar-refractivity contribution >= 4 is 24.6 Å². The molecule has 120 valence electrons. The molecular weight excluding hydrogens is 298 g/mol. The third kappa shape index (κ3) is 8.27. The number of aliphatic hydroxyl groups excluding tert-OH is 5. The Bertz CT molecular complexity index is 303. The number of carboxylic acid groups (broad SMARTS) is 2. The summed E-state index contributed by atoms with van der Waals surface area (Å²) in [4.78, 5) is 19.8. The fraction of sp³-hybridized carbons (Fsp3) is 0.778. The fourth-order valence-corrected chi connectivity index (χ4v) is 0.903.